The Balaban J connectivity index is 1.65. The molecular weight excluding hydrogens is 388 g/mol. The zero-order valence-electron chi connectivity index (χ0n) is 13.8. The number of hydrazine groups is 1. The predicted octanol–water partition coefficient (Wildman–Crippen LogP) is 3.08. The lowest BCUT2D eigenvalue weighted by atomic mass is 10.2. The van der Waals surface area contributed by atoms with Crippen molar-refractivity contribution in [2.45, 2.75) is 12.8 Å². The van der Waals surface area contributed by atoms with E-state index >= 15 is 0 Å². The van der Waals surface area contributed by atoms with Gasteiger partial charge in [-0.1, -0.05) is 12.1 Å². The van der Waals surface area contributed by atoms with Crippen LogP contribution in [0, 0.1) is 0 Å². The number of carbonyl (C=O) groups excluding carboxylic acids is 2. The van der Waals surface area contributed by atoms with E-state index < -0.39 is 0 Å². The van der Waals surface area contributed by atoms with Crippen LogP contribution in [0.1, 0.15) is 23.2 Å². The Kier molecular flexibility index (Phi) is 7.28. The van der Waals surface area contributed by atoms with E-state index in [1.807, 2.05) is 6.07 Å². The quantitative estimate of drug-likeness (QED) is 0.547. The molecule has 0 fully saturated rings. The summed E-state index contributed by atoms with van der Waals surface area (Å²) >= 11 is 3.29. The summed E-state index contributed by atoms with van der Waals surface area (Å²) in [4.78, 5) is 23.7. The number of benzene rings is 2. The molecule has 0 unspecified atom stereocenters. The molecule has 2 amide bonds. The summed E-state index contributed by atoms with van der Waals surface area (Å²) in [7, 11) is 1.60. The number of nitrogens with one attached hydrogen (secondary N) is 2. The second-order valence-electron chi connectivity index (χ2n) is 5.11. The molecule has 2 N–H and O–H groups in total. The van der Waals surface area contributed by atoms with Crippen LogP contribution in [0.2, 0.25) is 0 Å². The molecule has 0 aliphatic heterocycles. The Bertz CT molecular complexity index is 719. The van der Waals surface area contributed by atoms with Gasteiger partial charge in [-0.2, -0.15) is 0 Å². The molecule has 0 atom stereocenters. The number of hydrogen-bond donors (Lipinski definition) is 2. The van der Waals surface area contributed by atoms with Crippen LogP contribution in [0.4, 0.5) is 0 Å². The van der Waals surface area contributed by atoms with Crippen LogP contribution in [-0.2, 0) is 4.79 Å². The molecule has 7 heteroatoms. The molecule has 0 radical (unpaired) electrons. The molecule has 25 heavy (non-hydrogen) atoms. The van der Waals surface area contributed by atoms with E-state index in [2.05, 4.69) is 26.8 Å². The summed E-state index contributed by atoms with van der Waals surface area (Å²) < 4.78 is 11.3. The van der Waals surface area contributed by atoms with E-state index in [1.165, 1.54) is 0 Å². The van der Waals surface area contributed by atoms with Gasteiger partial charge >= 0.3 is 0 Å². The smallest absolute Gasteiger partial charge is 0.270 e. The van der Waals surface area contributed by atoms with Gasteiger partial charge in [0.25, 0.3) is 5.91 Å². The highest BCUT2D eigenvalue weighted by Gasteiger charge is 2.10. The fraction of sp³-hybridized carbons (Fsp3) is 0.222. The Morgan fingerprint density at radius 2 is 1.68 bits per heavy atom. The Morgan fingerprint density at radius 1 is 1.00 bits per heavy atom. The van der Waals surface area contributed by atoms with E-state index in [4.69, 9.17) is 9.47 Å². The van der Waals surface area contributed by atoms with Crippen molar-refractivity contribution in [3.05, 3.63) is 58.6 Å². The molecule has 2 aromatic carbocycles. The van der Waals surface area contributed by atoms with E-state index in [0.717, 1.165) is 5.75 Å². The van der Waals surface area contributed by atoms with Crippen LogP contribution in [0.25, 0.3) is 0 Å². The van der Waals surface area contributed by atoms with E-state index in [9.17, 15) is 9.59 Å². The third-order valence-corrected chi connectivity index (χ3v) is 4.00. The third-order valence-electron chi connectivity index (χ3n) is 3.31. The highest BCUT2D eigenvalue weighted by atomic mass is 79.9. The molecule has 2 aromatic rings. The molecule has 0 spiro atoms. The second-order valence-corrected chi connectivity index (χ2v) is 5.96. The van der Waals surface area contributed by atoms with Gasteiger partial charge in [-0.05, 0) is 58.7 Å². The zero-order valence-corrected chi connectivity index (χ0v) is 15.3. The predicted molar refractivity (Wildman–Crippen MR) is 97.5 cm³/mol. The van der Waals surface area contributed by atoms with Crippen molar-refractivity contribution in [2.75, 3.05) is 13.7 Å². The average Bonchev–Trinajstić information content (AvgIpc) is 2.64. The standard InChI is InChI=1S/C18H19BrN2O4/c1-24-13-8-10-14(11-9-13)25-12-4-7-17(22)20-21-18(23)15-5-2-3-6-16(15)19/h2-3,5-6,8-11H,4,7,12H2,1H3,(H,20,22)(H,21,23). The molecular formula is C18H19BrN2O4. The van der Waals surface area contributed by atoms with Gasteiger partial charge in [-0.15, -0.1) is 0 Å². The monoisotopic (exact) mass is 406 g/mol. The normalized spacial score (nSPS) is 10.0. The van der Waals surface area contributed by atoms with Crippen molar-refractivity contribution in [2.24, 2.45) is 0 Å². The van der Waals surface area contributed by atoms with Gasteiger partial charge in [-0.3, -0.25) is 20.4 Å². The summed E-state index contributed by atoms with van der Waals surface area (Å²) in [5.41, 5.74) is 5.23. The molecule has 2 rings (SSSR count). The van der Waals surface area contributed by atoms with Gasteiger partial charge in [0.05, 0.1) is 19.3 Å². The fourth-order valence-electron chi connectivity index (χ4n) is 2.00. The second kappa shape index (κ2) is 9.68. The van der Waals surface area contributed by atoms with Crippen molar-refractivity contribution < 1.29 is 19.1 Å². The fourth-order valence-corrected chi connectivity index (χ4v) is 2.46. The van der Waals surface area contributed by atoms with Gasteiger partial charge in [0.15, 0.2) is 0 Å². The van der Waals surface area contributed by atoms with Crippen molar-refractivity contribution in [3.63, 3.8) is 0 Å². The lowest BCUT2D eigenvalue weighted by molar-refractivity contribution is -0.122. The number of rotatable bonds is 7. The number of hydrogen-bond acceptors (Lipinski definition) is 4. The summed E-state index contributed by atoms with van der Waals surface area (Å²) in [6.45, 7) is 0.401. The minimum absolute atomic E-state index is 0.242. The molecule has 0 saturated heterocycles. The summed E-state index contributed by atoms with van der Waals surface area (Å²) in [5.74, 6) is 0.810. The van der Waals surface area contributed by atoms with Gasteiger partial charge < -0.3 is 9.47 Å². The Hall–Kier alpha value is -2.54. The molecule has 0 bridgehead atoms. The van der Waals surface area contributed by atoms with Gasteiger partial charge in [-0.25, -0.2) is 0 Å². The van der Waals surface area contributed by atoms with Crippen LogP contribution in [0.15, 0.2) is 53.0 Å². The number of carbonyl (C=O) groups is 2. The maximum absolute atomic E-state index is 11.9. The highest BCUT2D eigenvalue weighted by molar-refractivity contribution is 9.10. The minimum atomic E-state index is -0.379. The van der Waals surface area contributed by atoms with Gasteiger partial charge in [0.2, 0.25) is 5.91 Å². The highest BCUT2D eigenvalue weighted by Crippen LogP contribution is 2.17. The van der Waals surface area contributed by atoms with Gasteiger partial charge in [0, 0.05) is 10.9 Å². The maximum atomic E-state index is 11.9. The SMILES string of the molecule is COc1ccc(OCCCC(=O)NNC(=O)c2ccccc2Br)cc1. The summed E-state index contributed by atoms with van der Waals surface area (Å²) in [5, 5.41) is 0. The zero-order chi connectivity index (χ0) is 18.1. The first-order valence-electron chi connectivity index (χ1n) is 7.70. The number of amides is 2. The third kappa shape index (κ3) is 6.11. The molecule has 0 aliphatic rings. The molecule has 6 nitrogen and oxygen atoms in total. The van der Waals surface area contributed by atoms with Crippen molar-refractivity contribution in [3.8, 4) is 11.5 Å². The number of methoxy groups -OCH3 is 1. The van der Waals surface area contributed by atoms with E-state index in [0.29, 0.717) is 28.8 Å². The molecule has 132 valence electrons. The van der Waals surface area contributed by atoms with Crippen LogP contribution in [0.3, 0.4) is 0 Å². The van der Waals surface area contributed by atoms with E-state index in [-0.39, 0.29) is 18.2 Å². The van der Waals surface area contributed by atoms with Crippen molar-refractivity contribution >= 4 is 27.7 Å². The summed E-state index contributed by atoms with van der Waals surface area (Å²) in [6.07, 6.45) is 0.773. The van der Waals surface area contributed by atoms with Crippen LogP contribution in [0.5, 0.6) is 11.5 Å². The summed E-state index contributed by atoms with van der Waals surface area (Å²) in [6, 6.07) is 14.2. The molecule has 0 heterocycles. The van der Waals surface area contributed by atoms with Crippen LogP contribution >= 0.6 is 15.9 Å². The largest absolute Gasteiger partial charge is 0.497 e. The Morgan fingerprint density at radius 3 is 2.36 bits per heavy atom. The van der Waals surface area contributed by atoms with E-state index in [1.54, 1.807) is 49.6 Å². The minimum Gasteiger partial charge on any atom is -0.497 e. The Labute approximate surface area is 154 Å². The van der Waals surface area contributed by atoms with Crippen LogP contribution in [-0.4, -0.2) is 25.5 Å². The van der Waals surface area contributed by atoms with Crippen molar-refractivity contribution in [1.29, 1.82) is 0 Å². The first-order valence-corrected chi connectivity index (χ1v) is 8.50. The lowest BCUT2D eigenvalue weighted by Crippen LogP contribution is -2.41. The topological polar surface area (TPSA) is 76.7 Å². The average molecular weight is 407 g/mol. The molecule has 0 aromatic heterocycles. The number of halogens is 1. The lowest BCUT2D eigenvalue weighted by Gasteiger charge is -2.09. The molecule has 0 saturated carbocycles. The maximum Gasteiger partial charge on any atom is 0.270 e. The molecule has 0 aliphatic carbocycles. The van der Waals surface area contributed by atoms with Crippen LogP contribution < -0.4 is 20.3 Å². The first kappa shape index (κ1) is 18.8. The first-order chi connectivity index (χ1) is 12.1. The van der Waals surface area contributed by atoms with Gasteiger partial charge in [0.1, 0.15) is 11.5 Å². The number of ether oxygens (including phenoxy) is 2. The van der Waals surface area contributed by atoms with Crippen molar-refractivity contribution in [1.82, 2.24) is 10.9 Å².